The molecule has 1 aromatic carbocycles. The number of aromatic nitrogens is 1. The van der Waals surface area contributed by atoms with Crippen LogP contribution in [-0.2, 0) is 12.8 Å². The number of rotatable bonds is 3. The zero-order valence-electron chi connectivity index (χ0n) is 13.5. The molecule has 3 heteroatoms. The number of nitrogens with zero attached hydrogens (tertiary/aromatic N) is 2. The number of benzene rings is 1. The van der Waals surface area contributed by atoms with Crippen molar-refractivity contribution < 1.29 is 0 Å². The Morgan fingerprint density at radius 2 is 1.67 bits per heavy atom. The second kappa shape index (κ2) is 5.65. The molecule has 0 spiro atoms. The van der Waals surface area contributed by atoms with Gasteiger partial charge in [-0.3, -0.25) is 4.57 Å². The SMILES string of the molecule is CCc1c(C#N)c(N)n(-c2c(C)cc(C)cc2C)c1CC. The molecule has 21 heavy (non-hydrogen) atoms. The van der Waals surface area contributed by atoms with Crippen molar-refractivity contribution in [3.05, 3.63) is 45.6 Å². The maximum Gasteiger partial charge on any atom is 0.126 e. The maximum atomic E-state index is 9.45. The molecule has 0 saturated heterocycles. The lowest BCUT2D eigenvalue weighted by Gasteiger charge is -2.17. The van der Waals surface area contributed by atoms with E-state index in [2.05, 4.69) is 57.4 Å². The molecule has 110 valence electrons. The van der Waals surface area contributed by atoms with Gasteiger partial charge < -0.3 is 5.73 Å². The zero-order chi connectivity index (χ0) is 15.7. The van der Waals surface area contributed by atoms with Crippen molar-refractivity contribution >= 4 is 5.82 Å². The molecule has 0 bridgehead atoms. The third-order valence-corrected chi connectivity index (χ3v) is 4.08. The minimum absolute atomic E-state index is 0.571. The highest BCUT2D eigenvalue weighted by Crippen LogP contribution is 2.33. The average Bonchev–Trinajstić information content (AvgIpc) is 2.69. The van der Waals surface area contributed by atoms with E-state index in [4.69, 9.17) is 5.73 Å². The van der Waals surface area contributed by atoms with Crippen LogP contribution in [0.3, 0.4) is 0 Å². The van der Waals surface area contributed by atoms with Crippen LogP contribution >= 0.6 is 0 Å². The molecule has 0 saturated carbocycles. The van der Waals surface area contributed by atoms with E-state index < -0.39 is 0 Å². The molecule has 0 atom stereocenters. The Morgan fingerprint density at radius 3 is 2.10 bits per heavy atom. The van der Waals surface area contributed by atoms with Crippen LogP contribution in [0, 0.1) is 32.1 Å². The predicted molar refractivity (Wildman–Crippen MR) is 87.9 cm³/mol. The van der Waals surface area contributed by atoms with Gasteiger partial charge in [0, 0.05) is 5.69 Å². The summed E-state index contributed by atoms with van der Waals surface area (Å²) in [4.78, 5) is 0. The largest absolute Gasteiger partial charge is 0.384 e. The van der Waals surface area contributed by atoms with Crippen molar-refractivity contribution in [3.8, 4) is 11.8 Å². The van der Waals surface area contributed by atoms with Crippen LogP contribution in [0.25, 0.3) is 5.69 Å². The monoisotopic (exact) mass is 281 g/mol. The van der Waals surface area contributed by atoms with Gasteiger partial charge >= 0.3 is 0 Å². The number of hydrogen-bond donors (Lipinski definition) is 1. The Morgan fingerprint density at radius 1 is 1.10 bits per heavy atom. The van der Waals surface area contributed by atoms with Gasteiger partial charge in [-0.1, -0.05) is 31.5 Å². The molecule has 0 aliphatic carbocycles. The highest BCUT2D eigenvalue weighted by Gasteiger charge is 2.21. The van der Waals surface area contributed by atoms with Crippen LogP contribution < -0.4 is 5.73 Å². The van der Waals surface area contributed by atoms with Crippen molar-refractivity contribution in [3.63, 3.8) is 0 Å². The topological polar surface area (TPSA) is 54.7 Å². The molecule has 1 aromatic heterocycles. The summed E-state index contributed by atoms with van der Waals surface area (Å²) < 4.78 is 2.08. The van der Waals surface area contributed by atoms with Crippen LogP contribution in [0.2, 0.25) is 0 Å². The number of anilines is 1. The second-order valence-electron chi connectivity index (χ2n) is 5.59. The highest BCUT2D eigenvalue weighted by molar-refractivity contribution is 5.65. The smallest absolute Gasteiger partial charge is 0.126 e. The number of nitriles is 1. The van der Waals surface area contributed by atoms with E-state index in [0.29, 0.717) is 11.4 Å². The van der Waals surface area contributed by atoms with Gasteiger partial charge in [-0.15, -0.1) is 0 Å². The Kier molecular flexibility index (Phi) is 4.09. The summed E-state index contributed by atoms with van der Waals surface area (Å²) in [7, 11) is 0. The second-order valence-corrected chi connectivity index (χ2v) is 5.59. The molecule has 0 aliphatic heterocycles. The standard InChI is InChI=1S/C18H23N3/c1-6-14-15(10-19)18(20)21(16(14)7-2)17-12(4)8-11(3)9-13(17)5/h8-9H,6-7,20H2,1-5H3. The average molecular weight is 281 g/mol. The fourth-order valence-corrected chi connectivity index (χ4v) is 3.35. The van der Waals surface area contributed by atoms with Crippen LogP contribution in [0.15, 0.2) is 12.1 Å². The predicted octanol–water partition coefficient (Wildman–Crippen LogP) is 3.98. The minimum Gasteiger partial charge on any atom is -0.384 e. The lowest BCUT2D eigenvalue weighted by Crippen LogP contribution is -2.08. The summed E-state index contributed by atoms with van der Waals surface area (Å²) in [6, 6.07) is 6.62. The van der Waals surface area contributed by atoms with Gasteiger partial charge in [0.15, 0.2) is 0 Å². The molecule has 2 aromatic rings. The number of nitrogens with two attached hydrogens (primary N) is 1. The van der Waals surface area contributed by atoms with Crippen LogP contribution in [-0.4, -0.2) is 4.57 Å². The quantitative estimate of drug-likeness (QED) is 0.925. The molecule has 2 rings (SSSR count). The lowest BCUT2D eigenvalue weighted by molar-refractivity contribution is 0.903. The summed E-state index contributed by atoms with van der Waals surface area (Å²) in [5.41, 5.74) is 13.9. The first-order chi connectivity index (χ1) is 9.96. The first kappa shape index (κ1) is 15.2. The minimum atomic E-state index is 0.571. The van der Waals surface area contributed by atoms with E-state index in [0.717, 1.165) is 29.8 Å². The fourth-order valence-electron chi connectivity index (χ4n) is 3.35. The fraction of sp³-hybridized carbons (Fsp3) is 0.389. The van der Waals surface area contributed by atoms with Crippen LogP contribution in [0.5, 0.6) is 0 Å². The molecule has 2 N–H and O–H groups in total. The van der Waals surface area contributed by atoms with E-state index in [1.54, 1.807) is 0 Å². The van der Waals surface area contributed by atoms with Crippen molar-refractivity contribution in [1.29, 1.82) is 5.26 Å². The molecule has 0 amide bonds. The van der Waals surface area contributed by atoms with Gasteiger partial charge in [0.25, 0.3) is 0 Å². The number of nitrogen functional groups attached to an aromatic ring is 1. The molecule has 3 nitrogen and oxygen atoms in total. The molecule has 0 fully saturated rings. The summed E-state index contributed by atoms with van der Waals surface area (Å²) >= 11 is 0. The summed E-state index contributed by atoms with van der Waals surface area (Å²) in [6.07, 6.45) is 1.69. The van der Waals surface area contributed by atoms with Gasteiger partial charge in [0.2, 0.25) is 0 Å². The molecule has 0 unspecified atom stereocenters. The summed E-state index contributed by atoms with van der Waals surface area (Å²) in [5, 5.41) is 9.45. The number of hydrogen-bond acceptors (Lipinski definition) is 2. The lowest BCUT2D eigenvalue weighted by atomic mass is 10.0. The van der Waals surface area contributed by atoms with E-state index in [1.807, 2.05) is 0 Å². The van der Waals surface area contributed by atoms with Crippen molar-refractivity contribution in [1.82, 2.24) is 4.57 Å². The van der Waals surface area contributed by atoms with Gasteiger partial charge in [-0.25, -0.2) is 0 Å². The van der Waals surface area contributed by atoms with Crippen molar-refractivity contribution in [2.24, 2.45) is 0 Å². The van der Waals surface area contributed by atoms with Crippen molar-refractivity contribution in [2.75, 3.05) is 5.73 Å². The molecule has 1 heterocycles. The molecular formula is C18H23N3. The maximum absolute atomic E-state index is 9.45. The van der Waals surface area contributed by atoms with Crippen LogP contribution in [0.1, 0.15) is 47.4 Å². The Bertz CT molecular complexity index is 707. The third-order valence-electron chi connectivity index (χ3n) is 4.08. The third kappa shape index (κ3) is 2.31. The first-order valence-corrected chi connectivity index (χ1v) is 7.46. The van der Waals surface area contributed by atoms with Gasteiger partial charge in [-0.2, -0.15) is 5.26 Å². The Hall–Kier alpha value is -2.21. The van der Waals surface area contributed by atoms with Gasteiger partial charge in [-0.05, 0) is 50.3 Å². The van der Waals surface area contributed by atoms with E-state index in [-0.39, 0.29) is 0 Å². The molecule has 0 radical (unpaired) electrons. The summed E-state index contributed by atoms with van der Waals surface area (Å²) in [6.45, 7) is 10.5. The van der Waals surface area contributed by atoms with Gasteiger partial charge in [0.05, 0.1) is 11.3 Å². The normalized spacial score (nSPS) is 10.7. The van der Waals surface area contributed by atoms with E-state index >= 15 is 0 Å². The van der Waals surface area contributed by atoms with E-state index in [1.165, 1.54) is 16.7 Å². The Labute approximate surface area is 127 Å². The first-order valence-electron chi connectivity index (χ1n) is 7.46. The zero-order valence-corrected chi connectivity index (χ0v) is 13.5. The molecule has 0 aliphatic rings. The van der Waals surface area contributed by atoms with Crippen molar-refractivity contribution in [2.45, 2.75) is 47.5 Å². The molecular weight excluding hydrogens is 258 g/mol. The summed E-state index contributed by atoms with van der Waals surface area (Å²) in [5.74, 6) is 0.571. The van der Waals surface area contributed by atoms with Gasteiger partial charge in [0.1, 0.15) is 11.9 Å². The highest BCUT2D eigenvalue weighted by atomic mass is 15.1. The van der Waals surface area contributed by atoms with Crippen LogP contribution in [0.4, 0.5) is 5.82 Å². The van der Waals surface area contributed by atoms with E-state index in [9.17, 15) is 5.26 Å². The number of aryl methyl sites for hydroxylation is 3. The Balaban J connectivity index is 2.89.